The Bertz CT molecular complexity index is 219. The summed E-state index contributed by atoms with van der Waals surface area (Å²) >= 11 is 0. The van der Waals surface area contributed by atoms with Crippen molar-refractivity contribution in [3.63, 3.8) is 0 Å². The second-order valence-corrected chi connectivity index (χ2v) is 6.92. The standard InChI is InChI=1S/C11H29N3O2P/c1-14(2,3)8-9-16-17(15)10-11(13)6-4-5-7-12/h11,17H,4-10,12-13H2,1-3H3/q+1. The van der Waals surface area contributed by atoms with Gasteiger partial charge in [-0.1, -0.05) is 6.42 Å². The fourth-order valence-corrected chi connectivity index (χ4v) is 2.43. The summed E-state index contributed by atoms with van der Waals surface area (Å²) in [6.07, 6.45) is 3.36. The maximum atomic E-state index is 11.6. The Hall–Kier alpha value is 0.0700. The molecule has 0 amide bonds. The molecule has 0 aromatic carbocycles. The number of nitrogens with two attached hydrogens (primary N) is 2. The number of unbranched alkanes of at least 4 members (excludes halogenated alkanes) is 1. The van der Waals surface area contributed by atoms with Crippen LogP contribution in [0.3, 0.4) is 0 Å². The summed E-state index contributed by atoms with van der Waals surface area (Å²) in [6, 6.07) is -0.0166. The first-order chi connectivity index (χ1) is 7.85. The second kappa shape index (κ2) is 9.06. The molecule has 0 aromatic heterocycles. The van der Waals surface area contributed by atoms with E-state index in [0.717, 1.165) is 30.3 Å². The SMILES string of the molecule is C[N+](C)(C)CCO[PH](=O)CC(N)CCCCN. The second-order valence-electron chi connectivity index (χ2n) is 5.48. The molecule has 0 fully saturated rings. The summed E-state index contributed by atoms with van der Waals surface area (Å²) < 4.78 is 17.8. The third kappa shape index (κ3) is 12.3. The Morgan fingerprint density at radius 3 is 2.47 bits per heavy atom. The average molecular weight is 266 g/mol. The Morgan fingerprint density at radius 1 is 1.29 bits per heavy atom. The van der Waals surface area contributed by atoms with E-state index in [0.29, 0.717) is 19.3 Å². The smallest absolute Gasteiger partial charge is 0.193 e. The first kappa shape index (κ1) is 17.1. The van der Waals surface area contributed by atoms with E-state index >= 15 is 0 Å². The van der Waals surface area contributed by atoms with Crippen LogP contribution in [0.25, 0.3) is 0 Å². The van der Waals surface area contributed by atoms with E-state index in [2.05, 4.69) is 21.1 Å². The zero-order valence-electron chi connectivity index (χ0n) is 11.4. The van der Waals surface area contributed by atoms with Crippen LogP contribution in [0.1, 0.15) is 19.3 Å². The molecule has 0 rings (SSSR count). The van der Waals surface area contributed by atoms with Crippen molar-refractivity contribution in [2.24, 2.45) is 11.5 Å². The van der Waals surface area contributed by atoms with Crippen molar-refractivity contribution in [1.82, 2.24) is 0 Å². The molecule has 0 aliphatic rings. The van der Waals surface area contributed by atoms with Crippen LogP contribution in [0.15, 0.2) is 0 Å². The zero-order valence-corrected chi connectivity index (χ0v) is 12.4. The molecule has 104 valence electrons. The minimum Gasteiger partial charge on any atom is -0.330 e. The highest BCUT2D eigenvalue weighted by atomic mass is 31.1. The topological polar surface area (TPSA) is 78.3 Å². The molecule has 6 heteroatoms. The van der Waals surface area contributed by atoms with Gasteiger partial charge >= 0.3 is 0 Å². The number of nitrogens with zero attached hydrogens (tertiary/aromatic N) is 1. The average Bonchev–Trinajstić information content (AvgIpc) is 2.15. The Labute approximate surface area is 106 Å². The van der Waals surface area contributed by atoms with Gasteiger partial charge in [-0.25, -0.2) is 0 Å². The lowest BCUT2D eigenvalue weighted by atomic mass is 10.1. The van der Waals surface area contributed by atoms with Crippen molar-refractivity contribution in [3.8, 4) is 0 Å². The zero-order chi connectivity index (χ0) is 13.3. The maximum Gasteiger partial charge on any atom is 0.193 e. The predicted molar refractivity (Wildman–Crippen MR) is 73.6 cm³/mol. The van der Waals surface area contributed by atoms with Crippen LogP contribution in [-0.4, -0.2) is 57.5 Å². The van der Waals surface area contributed by atoms with Gasteiger partial charge in [0.2, 0.25) is 0 Å². The minimum absolute atomic E-state index is 0.0166. The van der Waals surface area contributed by atoms with E-state index in [1.165, 1.54) is 0 Å². The third-order valence-corrected chi connectivity index (χ3v) is 3.87. The summed E-state index contributed by atoms with van der Waals surface area (Å²) in [4.78, 5) is 0. The molecule has 0 saturated carbocycles. The van der Waals surface area contributed by atoms with Gasteiger partial charge in [-0.3, -0.25) is 4.57 Å². The number of quaternary nitrogens is 1. The largest absolute Gasteiger partial charge is 0.330 e. The highest BCUT2D eigenvalue weighted by Crippen LogP contribution is 2.23. The van der Waals surface area contributed by atoms with Gasteiger partial charge in [-0.15, -0.1) is 0 Å². The van der Waals surface area contributed by atoms with Crippen LogP contribution in [0.4, 0.5) is 0 Å². The Kier molecular flexibility index (Phi) is 9.10. The van der Waals surface area contributed by atoms with E-state index < -0.39 is 8.03 Å². The fraction of sp³-hybridized carbons (Fsp3) is 1.00. The van der Waals surface area contributed by atoms with Crippen molar-refractivity contribution >= 4 is 8.03 Å². The quantitative estimate of drug-likeness (QED) is 0.345. The van der Waals surface area contributed by atoms with Gasteiger partial charge in [0.15, 0.2) is 8.03 Å². The van der Waals surface area contributed by atoms with Crippen molar-refractivity contribution in [2.75, 3.05) is 47.0 Å². The molecular formula is C11H29N3O2P+. The minimum atomic E-state index is -1.96. The third-order valence-electron chi connectivity index (χ3n) is 2.48. The summed E-state index contributed by atoms with van der Waals surface area (Å²) in [5.74, 6) is 0. The van der Waals surface area contributed by atoms with Crippen LogP contribution in [-0.2, 0) is 9.09 Å². The predicted octanol–water partition coefficient (Wildman–Crippen LogP) is 0.640. The highest BCUT2D eigenvalue weighted by Gasteiger charge is 2.11. The van der Waals surface area contributed by atoms with E-state index in [1.807, 2.05) is 0 Å². The molecule has 2 atom stereocenters. The van der Waals surface area contributed by atoms with E-state index in [4.69, 9.17) is 16.0 Å². The van der Waals surface area contributed by atoms with Gasteiger partial charge in [-0.05, 0) is 19.4 Å². The molecule has 0 saturated heterocycles. The van der Waals surface area contributed by atoms with Gasteiger partial charge in [0.25, 0.3) is 0 Å². The molecule has 0 heterocycles. The van der Waals surface area contributed by atoms with E-state index in [9.17, 15) is 4.57 Å². The molecule has 4 N–H and O–H groups in total. The molecular weight excluding hydrogens is 237 g/mol. The normalized spacial score (nSPS) is 15.8. The van der Waals surface area contributed by atoms with Crippen molar-refractivity contribution in [2.45, 2.75) is 25.3 Å². The maximum absolute atomic E-state index is 11.6. The molecule has 0 spiro atoms. The van der Waals surface area contributed by atoms with E-state index in [-0.39, 0.29) is 6.04 Å². The molecule has 0 radical (unpaired) electrons. The first-order valence-corrected chi connectivity index (χ1v) is 7.79. The van der Waals surface area contributed by atoms with Crippen LogP contribution in [0.5, 0.6) is 0 Å². The molecule has 0 aliphatic carbocycles. The Balaban J connectivity index is 3.57. The fourth-order valence-electron chi connectivity index (χ4n) is 1.36. The molecule has 5 nitrogen and oxygen atoms in total. The summed E-state index contributed by atoms with van der Waals surface area (Å²) in [7, 11) is 4.28. The van der Waals surface area contributed by atoms with Crippen LogP contribution >= 0.6 is 8.03 Å². The van der Waals surface area contributed by atoms with Crippen LogP contribution < -0.4 is 11.5 Å². The Morgan fingerprint density at radius 2 is 1.94 bits per heavy atom. The van der Waals surface area contributed by atoms with Crippen molar-refractivity contribution in [1.29, 1.82) is 0 Å². The van der Waals surface area contributed by atoms with Gasteiger partial charge in [0.05, 0.1) is 21.1 Å². The van der Waals surface area contributed by atoms with Crippen molar-refractivity contribution < 1.29 is 13.6 Å². The number of rotatable bonds is 10. The van der Waals surface area contributed by atoms with Gasteiger partial charge in [0, 0.05) is 12.2 Å². The number of hydrogen-bond donors (Lipinski definition) is 2. The molecule has 17 heavy (non-hydrogen) atoms. The summed E-state index contributed by atoms with van der Waals surface area (Å²) in [5, 5.41) is 0. The van der Waals surface area contributed by atoms with Crippen molar-refractivity contribution in [3.05, 3.63) is 0 Å². The van der Waals surface area contributed by atoms with Gasteiger partial charge in [0.1, 0.15) is 13.2 Å². The van der Waals surface area contributed by atoms with Gasteiger partial charge in [-0.2, -0.15) is 0 Å². The highest BCUT2D eigenvalue weighted by molar-refractivity contribution is 7.39. The molecule has 0 bridgehead atoms. The number of hydrogen-bond acceptors (Lipinski definition) is 4. The lowest BCUT2D eigenvalue weighted by molar-refractivity contribution is -0.870. The number of likely N-dealkylation sites (N-methyl/N-ethyl adjacent to an activating group) is 1. The lowest BCUT2D eigenvalue weighted by Gasteiger charge is -2.23. The molecule has 0 aliphatic heterocycles. The monoisotopic (exact) mass is 266 g/mol. The van der Waals surface area contributed by atoms with Gasteiger partial charge < -0.3 is 20.5 Å². The van der Waals surface area contributed by atoms with Crippen LogP contribution in [0, 0.1) is 0 Å². The first-order valence-electron chi connectivity index (χ1n) is 6.27. The van der Waals surface area contributed by atoms with E-state index in [1.54, 1.807) is 0 Å². The summed E-state index contributed by atoms with van der Waals surface area (Å²) in [5.41, 5.74) is 11.3. The molecule has 2 unspecified atom stereocenters. The lowest BCUT2D eigenvalue weighted by Crippen LogP contribution is -2.37. The van der Waals surface area contributed by atoms with Crippen LogP contribution in [0.2, 0.25) is 0 Å². The summed E-state index contributed by atoms with van der Waals surface area (Å²) in [6.45, 7) is 2.09. The molecule has 0 aromatic rings.